The lowest BCUT2D eigenvalue weighted by Crippen LogP contribution is -2.42. The third-order valence-corrected chi connectivity index (χ3v) is 3.90. The first-order valence-electron chi connectivity index (χ1n) is 7.39. The summed E-state index contributed by atoms with van der Waals surface area (Å²) >= 11 is 0. The van der Waals surface area contributed by atoms with Crippen molar-refractivity contribution < 1.29 is 23.9 Å². The van der Waals surface area contributed by atoms with Crippen LogP contribution in [0, 0.1) is 5.82 Å². The zero-order chi connectivity index (χ0) is 14.5. The number of nitrogens with zero attached hydrogens (tertiary/aromatic N) is 1. The number of hydrogen-bond acceptors (Lipinski definition) is 5. The molecule has 3 rings (SSSR count). The fourth-order valence-electron chi connectivity index (χ4n) is 2.68. The lowest BCUT2D eigenvalue weighted by molar-refractivity contribution is -0.524. The van der Waals surface area contributed by atoms with Gasteiger partial charge in [0.25, 0.3) is 0 Å². The molecule has 0 radical (unpaired) electrons. The van der Waals surface area contributed by atoms with Crippen LogP contribution in [-0.4, -0.2) is 19.2 Å². The molecular formula is C15H20FNO4. The van der Waals surface area contributed by atoms with E-state index < -0.39 is 5.79 Å². The van der Waals surface area contributed by atoms with Crippen LogP contribution in [0.5, 0.6) is 0 Å². The molecule has 0 amide bonds. The second-order valence-corrected chi connectivity index (χ2v) is 5.50. The normalized spacial score (nSPS) is 23.4. The van der Waals surface area contributed by atoms with Crippen molar-refractivity contribution in [2.45, 2.75) is 44.3 Å². The van der Waals surface area contributed by atoms with Crippen LogP contribution in [-0.2, 0) is 19.6 Å². The lowest BCUT2D eigenvalue weighted by atomic mass is 10.1. The Labute approximate surface area is 123 Å². The monoisotopic (exact) mass is 297 g/mol. The molecule has 2 fully saturated rings. The summed E-state index contributed by atoms with van der Waals surface area (Å²) in [7, 11) is 0. The van der Waals surface area contributed by atoms with Crippen molar-refractivity contribution >= 4 is 5.69 Å². The minimum absolute atomic E-state index is 0.205. The zero-order valence-corrected chi connectivity index (χ0v) is 11.9. The van der Waals surface area contributed by atoms with Gasteiger partial charge in [-0.05, 0) is 37.1 Å². The summed E-state index contributed by atoms with van der Waals surface area (Å²) in [4.78, 5) is 23.5. The van der Waals surface area contributed by atoms with E-state index in [1.807, 2.05) is 0 Å². The molecule has 0 atom stereocenters. The minimum atomic E-state index is -0.786. The highest BCUT2D eigenvalue weighted by atomic mass is 19.1. The third-order valence-electron chi connectivity index (χ3n) is 3.90. The molecule has 0 N–H and O–H groups in total. The molecular weight excluding hydrogens is 277 g/mol. The Kier molecular flexibility index (Phi) is 4.70. The molecule has 1 saturated carbocycles. The summed E-state index contributed by atoms with van der Waals surface area (Å²) in [6.07, 6.45) is 5.96. The van der Waals surface area contributed by atoms with Gasteiger partial charge in [0, 0.05) is 18.5 Å². The molecule has 21 heavy (non-hydrogen) atoms. The largest absolute Gasteiger partial charge is 0.320 e. The van der Waals surface area contributed by atoms with Gasteiger partial charge < -0.3 is 4.90 Å². The molecule has 0 bridgehead atoms. The van der Waals surface area contributed by atoms with Crippen LogP contribution in [0.25, 0.3) is 0 Å². The maximum Gasteiger partial charge on any atom is 0.234 e. The molecule has 1 aromatic carbocycles. The van der Waals surface area contributed by atoms with Crippen molar-refractivity contribution in [2.75, 3.05) is 18.4 Å². The molecule has 1 aliphatic carbocycles. The smallest absolute Gasteiger partial charge is 0.234 e. The maximum absolute atomic E-state index is 12.9. The molecule has 1 spiro atoms. The highest BCUT2D eigenvalue weighted by Gasteiger charge is 2.37. The van der Waals surface area contributed by atoms with E-state index in [9.17, 15) is 4.39 Å². The maximum atomic E-state index is 12.9. The van der Waals surface area contributed by atoms with Gasteiger partial charge in [0.05, 0.1) is 0 Å². The van der Waals surface area contributed by atoms with Crippen molar-refractivity contribution in [3.05, 3.63) is 30.1 Å². The Balaban J connectivity index is 1.61. The third kappa shape index (κ3) is 3.71. The predicted molar refractivity (Wildman–Crippen MR) is 73.4 cm³/mol. The van der Waals surface area contributed by atoms with Crippen LogP contribution in [0.1, 0.15) is 38.5 Å². The number of benzene rings is 1. The van der Waals surface area contributed by atoms with Crippen molar-refractivity contribution in [1.29, 1.82) is 0 Å². The second-order valence-electron chi connectivity index (χ2n) is 5.50. The van der Waals surface area contributed by atoms with Gasteiger partial charge in [0.1, 0.15) is 5.82 Å². The molecule has 116 valence electrons. The van der Waals surface area contributed by atoms with Gasteiger partial charge in [-0.25, -0.2) is 14.2 Å². The number of halogens is 1. The quantitative estimate of drug-likeness (QED) is 0.742. The van der Waals surface area contributed by atoms with Gasteiger partial charge in [-0.3, -0.25) is 0 Å². The Morgan fingerprint density at radius 2 is 1.43 bits per heavy atom. The van der Waals surface area contributed by atoms with E-state index in [2.05, 4.69) is 0 Å². The number of rotatable bonds is 1. The van der Waals surface area contributed by atoms with Gasteiger partial charge in [0.15, 0.2) is 13.5 Å². The molecule has 1 heterocycles. The standard InChI is InChI=1S/C15H20FNO4/c16-13-5-7-14(8-6-13)17-11-18-20-15(21-19-12-17)9-3-1-2-4-10-15/h5-8H,1-4,9-12H2. The summed E-state index contributed by atoms with van der Waals surface area (Å²) < 4.78 is 12.9. The van der Waals surface area contributed by atoms with E-state index in [0.29, 0.717) is 0 Å². The molecule has 5 nitrogen and oxygen atoms in total. The molecule has 0 aromatic heterocycles. The average Bonchev–Trinajstić information content (AvgIpc) is 2.70. The Morgan fingerprint density at radius 3 is 2.00 bits per heavy atom. The highest BCUT2D eigenvalue weighted by Crippen LogP contribution is 2.33. The summed E-state index contributed by atoms with van der Waals surface area (Å²) in [5.74, 6) is -1.07. The Hall–Kier alpha value is -1.21. The van der Waals surface area contributed by atoms with E-state index in [1.54, 1.807) is 17.0 Å². The van der Waals surface area contributed by atoms with Crippen LogP contribution in [0.15, 0.2) is 24.3 Å². The average molecular weight is 297 g/mol. The van der Waals surface area contributed by atoms with E-state index >= 15 is 0 Å². The van der Waals surface area contributed by atoms with Gasteiger partial charge >= 0.3 is 0 Å². The number of hydrogen-bond donors (Lipinski definition) is 0. The SMILES string of the molecule is Fc1ccc(N2COOC3(CCCCCC3)OOC2)cc1. The molecule has 1 aromatic rings. The second kappa shape index (κ2) is 6.70. The summed E-state index contributed by atoms with van der Waals surface area (Å²) in [5.41, 5.74) is 0.778. The first-order chi connectivity index (χ1) is 10.3. The van der Waals surface area contributed by atoms with Crippen LogP contribution >= 0.6 is 0 Å². The van der Waals surface area contributed by atoms with Crippen LogP contribution in [0.4, 0.5) is 10.1 Å². The Morgan fingerprint density at radius 1 is 0.857 bits per heavy atom. The van der Waals surface area contributed by atoms with Crippen LogP contribution in [0.3, 0.4) is 0 Å². The van der Waals surface area contributed by atoms with E-state index in [1.165, 1.54) is 25.0 Å². The van der Waals surface area contributed by atoms with Gasteiger partial charge in [-0.1, -0.05) is 12.8 Å². The fourth-order valence-corrected chi connectivity index (χ4v) is 2.68. The van der Waals surface area contributed by atoms with Crippen molar-refractivity contribution in [3.8, 4) is 0 Å². The molecule has 2 aliphatic rings. The number of anilines is 1. The molecule has 0 unspecified atom stereocenters. The van der Waals surface area contributed by atoms with Gasteiger partial charge in [-0.2, -0.15) is 9.78 Å². The van der Waals surface area contributed by atoms with E-state index in [0.717, 1.165) is 31.4 Å². The lowest BCUT2D eigenvalue weighted by Gasteiger charge is -2.34. The highest BCUT2D eigenvalue weighted by molar-refractivity contribution is 5.45. The van der Waals surface area contributed by atoms with E-state index in [4.69, 9.17) is 19.6 Å². The molecule has 6 heteroatoms. The Bertz CT molecular complexity index is 433. The fraction of sp³-hybridized carbons (Fsp3) is 0.600. The summed E-state index contributed by atoms with van der Waals surface area (Å²) in [6.45, 7) is 0.410. The zero-order valence-electron chi connectivity index (χ0n) is 11.9. The topological polar surface area (TPSA) is 40.2 Å². The minimum Gasteiger partial charge on any atom is -0.320 e. The van der Waals surface area contributed by atoms with Crippen LogP contribution in [0.2, 0.25) is 0 Å². The van der Waals surface area contributed by atoms with Gasteiger partial charge in [-0.15, -0.1) is 0 Å². The predicted octanol–water partition coefficient (Wildman–Crippen LogP) is 3.51. The first kappa shape index (κ1) is 14.7. The van der Waals surface area contributed by atoms with Gasteiger partial charge in [0.2, 0.25) is 5.79 Å². The summed E-state index contributed by atoms with van der Waals surface area (Å²) in [6, 6.07) is 6.10. The van der Waals surface area contributed by atoms with E-state index in [-0.39, 0.29) is 19.3 Å². The summed E-state index contributed by atoms with van der Waals surface area (Å²) in [5, 5.41) is 0. The van der Waals surface area contributed by atoms with Crippen molar-refractivity contribution in [2.24, 2.45) is 0 Å². The molecule has 1 aliphatic heterocycles. The van der Waals surface area contributed by atoms with Crippen molar-refractivity contribution in [3.63, 3.8) is 0 Å². The molecule has 1 saturated heterocycles. The first-order valence-corrected chi connectivity index (χ1v) is 7.39. The van der Waals surface area contributed by atoms with Crippen molar-refractivity contribution in [1.82, 2.24) is 0 Å². The van der Waals surface area contributed by atoms with Crippen LogP contribution < -0.4 is 4.90 Å².